The van der Waals surface area contributed by atoms with Crippen molar-refractivity contribution in [2.45, 2.75) is 78.1 Å². The zero-order chi connectivity index (χ0) is 24.7. The molecule has 0 atom stereocenters. The van der Waals surface area contributed by atoms with E-state index < -0.39 is 0 Å². The van der Waals surface area contributed by atoms with Crippen LogP contribution in [0.1, 0.15) is 98.6 Å². The van der Waals surface area contributed by atoms with Gasteiger partial charge in [-0.2, -0.15) is 0 Å². The lowest BCUT2D eigenvalue weighted by atomic mass is 10.0. The zero-order valence-electron chi connectivity index (χ0n) is 21.3. The zero-order valence-corrected chi connectivity index (χ0v) is 21.3. The van der Waals surface area contributed by atoms with Crippen LogP contribution in [-0.4, -0.2) is 0 Å². The first kappa shape index (κ1) is 26.3. The van der Waals surface area contributed by atoms with E-state index in [1.807, 2.05) is 30.3 Å². The summed E-state index contributed by atoms with van der Waals surface area (Å²) in [4.78, 5) is 0. The van der Waals surface area contributed by atoms with Crippen LogP contribution in [0.2, 0.25) is 0 Å². The van der Waals surface area contributed by atoms with Crippen LogP contribution in [0.25, 0.3) is 0 Å². The fourth-order valence-electron chi connectivity index (χ4n) is 4.00. The molecule has 0 saturated carbocycles. The van der Waals surface area contributed by atoms with E-state index in [1.165, 1.54) is 50.5 Å². The normalized spacial score (nSPS) is 10.3. The average Bonchev–Trinajstić information content (AvgIpc) is 2.88. The van der Waals surface area contributed by atoms with Gasteiger partial charge in [-0.05, 0) is 85.3 Å². The lowest BCUT2D eigenvalue weighted by molar-refractivity contribution is 0.613. The highest BCUT2D eigenvalue weighted by Crippen LogP contribution is 2.14. The van der Waals surface area contributed by atoms with Gasteiger partial charge in [0.15, 0.2) is 0 Å². The molecule has 3 aromatic carbocycles. The first-order chi connectivity index (χ1) is 17.2. The smallest absolute Gasteiger partial charge is 0.139 e. The van der Waals surface area contributed by atoms with Crippen molar-refractivity contribution >= 4 is 0 Å². The lowest BCUT2D eigenvalue weighted by Gasteiger charge is -2.03. The van der Waals surface area contributed by atoms with Gasteiger partial charge in [0.1, 0.15) is 5.82 Å². The summed E-state index contributed by atoms with van der Waals surface area (Å²) in [5.74, 6) is 12.3. The third kappa shape index (κ3) is 9.47. The highest BCUT2D eigenvalue weighted by Gasteiger charge is 2.02. The molecule has 3 aromatic rings. The Kier molecular flexibility index (Phi) is 11.2. The summed E-state index contributed by atoms with van der Waals surface area (Å²) in [7, 11) is 0. The molecule has 0 N–H and O–H groups in total. The highest BCUT2D eigenvalue weighted by atomic mass is 19.1. The van der Waals surface area contributed by atoms with Crippen molar-refractivity contribution in [3.8, 4) is 23.7 Å². The van der Waals surface area contributed by atoms with Crippen LogP contribution in [0.4, 0.5) is 4.39 Å². The molecule has 0 aliphatic heterocycles. The Morgan fingerprint density at radius 3 is 1.57 bits per heavy atom. The monoisotopic (exact) mass is 464 g/mol. The predicted octanol–water partition coefficient (Wildman–Crippen LogP) is 8.87. The van der Waals surface area contributed by atoms with Crippen LogP contribution in [-0.2, 0) is 12.8 Å². The summed E-state index contributed by atoms with van der Waals surface area (Å²) >= 11 is 0. The van der Waals surface area contributed by atoms with Crippen molar-refractivity contribution < 1.29 is 4.39 Å². The van der Waals surface area contributed by atoms with Gasteiger partial charge >= 0.3 is 0 Å². The number of benzene rings is 3. The summed E-state index contributed by atoms with van der Waals surface area (Å²) in [5, 5.41) is 0. The van der Waals surface area contributed by atoms with Crippen molar-refractivity contribution in [1.82, 2.24) is 0 Å². The summed E-state index contributed by atoms with van der Waals surface area (Å²) in [6.45, 7) is 4.44. The molecule has 0 amide bonds. The third-order valence-electron chi connectivity index (χ3n) is 6.20. The van der Waals surface area contributed by atoms with Gasteiger partial charge in [-0.3, -0.25) is 0 Å². The van der Waals surface area contributed by atoms with Crippen LogP contribution in [0.15, 0.2) is 66.7 Å². The molecule has 0 saturated heterocycles. The van der Waals surface area contributed by atoms with E-state index in [9.17, 15) is 4.39 Å². The Morgan fingerprint density at radius 1 is 0.514 bits per heavy atom. The first-order valence-corrected chi connectivity index (χ1v) is 13.2. The maximum Gasteiger partial charge on any atom is 0.139 e. The number of halogens is 1. The minimum atomic E-state index is -0.234. The molecule has 0 radical (unpaired) electrons. The van der Waals surface area contributed by atoms with Gasteiger partial charge in [-0.1, -0.05) is 94.3 Å². The number of hydrogen-bond acceptors (Lipinski definition) is 0. The van der Waals surface area contributed by atoms with E-state index in [4.69, 9.17) is 0 Å². The van der Waals surface area contributed by atoms with Crippen molar-refractivity contribution in [1.29, 1.82) is 0 Å². The summed E-state index contributed by atoms with van der Waals surface area (Å²) in [6.07, 6.45) is 12.0. The molecule has 0 unspecified atom stereocenters. The number of rotatable bonds is 10. The molecular formula is C34H37F. The Morgan fingerprint density at radius 2 is 0.971 bits per heavy atom. The van der Waals surface area contributed by atoms with Crippen LogP contribution >= 0.6 is 0 Å². The fourth-order valence-corrected chi connectivity index (χ4v) is 4.00. The molecule has 0 fully saturated rings. The van der Waals surface area contributed by atoms with E-state index in [1.54, 1.807) is 12.1 Å². The SMILES string of the molecule is CCCCCCCc1ccc(C#Cc2ccc(C#Cc3ccc(CCCCC)cc3)cc2)c(F)c1. The molecule has 0 aliphatic carbocycles. The van der Waals surface area contributed by atoms with Gasteiger partial charge in [0, 0.05) is 16.7 Å². The van der Waals surface area contributed by atoms with Gasteiger partial charge in [0.05, 0.1) is 5.56 Å². The molecule has 0 spiro atoms. The molecule has 0 aromatic heterocycles. The predicted molar refractivity (Wildman–Crippen MR) is 147 cm³/mol. The van der Waals surface area contributed by atoms with Crippen molar-refractivity contribution in [2.24, 2.45) is 0 Å². The lowest BCUT2D eigenvalue weighted by Crippen LogP contribution is -1.91. The molecule has 35 heavy (non-hydrogen) atoms. The summed E-state index contributed by atoms with van der Waals surface area (Å²) in [6, 6.07) is 21.8. The Balaban J connectivity index is 1.55. The molecular weight excluding hydrogens is 427 g/mol. The van der Waals surface area contributed by atoms with Gasteiger partial charge in [0.2, 0.25) is 0 Å². The maximum absolute atomic E-state index is 14.5. The number of unbranched alkanes of at least 4 members (excludes halogenated alkanes) is 6. The van der Waals surface area contributed by atoms with Crippen LogP contribution in [0, 0.1) is 29.5 Å². The summed E-state index contributed by atoms with van der Waals surface area (Å²) in [5.41, 5.74) is 5.69. The molecule has 0 nitrogen and oxygen atoms in total. The average molecular weight is 465 g/mol. The van der Waals surface area contributed by atoms with Gasteiger partial charge in [0.25, 0.3) is 0 Å². The first-order valence-electron chi connectivity index (χ1n) is 13.2. The topological polar surface area (TPSA) is 0 Å². The fraction of sp³-hybridized carbons (Fsp3) is 0.353. The van der Waals surface area contributed by atoms with Crippen LogP contribution in [0.5, 0.6) is 0 Å². The standard InChI is InChI=1S/C34H37F/c1-3-5-7-8-10-12-32-24-26-33(34(35)27-32)25-23-31-21-19-30(20-22-31)18-17-29-15-13-28(14-16-29)11-9-6-4-2/h13-16,19-22,24,26-27H,3-12H2,1-2H3. The van der Waals surface area contributed by atoms with E-state index in [0.29, 0.717) is 5.56 Å². The van der Waals surface area contributed by atoms with E-state index in [0.717, 1.165) is 41.5 Å². The Hall–Kier alpha value is -3.29. The van der Waals surface area contributed by atoms with E-state index in [2.05, 4.69) is 61.8 Å². The van der Waals surface area contributed by atoms with Gasteiger partial charge < -0.3 is 0 Å². The minimum Gasteiger partial charge on any atom is -0.206 e. The van der Waals surface area contributed by atoms with Crippen molar-refractivity contribution in [3.63, 3.8) is 0 Å². The minimum absolute atomic E-state index is 0.234. The van der Waals surface area contributed by atoms with Crippen molar-refractivity contribution in [2.75, 3.05) is 0 Å². The van der Waals surface area contributed by atoms with Gasteiger partial charge in [-0.15, -0.1) is 0 Å². The molecule has 0 heterocycles. The number of hydrogen-bond donors (Lipinski definition) is 0. The second-order valence-electron chi connectivity index (χ2n) is 9.21. The molecule has 0 bridgehead atoms. The Labute approximate surface area is 212 Å². The molecule has 180 valence electrons. The second kappa shape index (κ2) is 14.9. The number of aryl methyl sites for hydroxylation is 2. The second-order valence-corrected chi connectivity index (χ2v) is 9.21. The largest absolute Gasteiger partial charge is 0.206 e. The van der Waals surface area contributed by atoms with E-state index in [-0.39, 0.29) is 5.82 Å². The van der Waals surface area contributed by atoms with Gasteiger partial charge in [-0.25, -0.2) is 4.39 Å². The molecule has 1 heteroatoms. The Bertz CT molecular complexity index is 1160. The van der Waals surface area contributed by atoms with Crippen LogP contribution in [0.3, 0.4) is 0 Å². The van der Waals surface area contributed by atoms with Crippen LogP contribution < -0.4 is 0 Å². The quantitative estimate of drug-likeness (QED) is 0.208. The van der Waals surface area contributed by atoms with Crippen molar-refractivity contribution in [3.05, 3.63) is 106 Å². The van der Waals surface area contributed by atoms with E-state index >= 15 is 0 Å². The highest BCUT2D eigenvalue weighted by molar-refractivity contribution is 5.48. The summed E-state index contributed by atoms with van der Waals surface area (Å²) < 4.78 is 14.5. The molecule has 0 aliphatic rings. The third-order valence-corrected chi connectivity index (χ3v) is 6.20. The maximum atomic E-state index is 14.5. The molecule has 3 rings (SSSR count).